The predicted octanol–water partition coefficient (Wildman–Crippen LogP) is 6.67. The summed E-state index contributed by atoms with van der Waals surface area (Å²) in [6.45, 7) is 4.18. The van der Waals surface area contributed by atoms with Gasteiger partial charge in [-0.25, -0.2) is 0 Å². The van der Waals surface area contributed by atoms with Crippen LogP contribution in [0.3, 0.4) is 0 Å². The SMILES string of the molecule is COC1=CC=C(C(=O)c2ccccc2)CC1(C)C.O=C(c1ccccc1)c1ccccc1. The van der Waals surface area contributed by atoms with Crippen LogP contribution in [0.15, 0.2) is 114 Å². The Kier molecular flexibility index (Phi) is 7.56. The Hall–Kier alpha value is -3.72. The lowest BCUT2D eigenvalue weighted by molar-refractivity contribution is 0.101. The number of Topliss-reactive ketones (excluding diaryl/α,β-unsaturated/α-hetero) is 1. The number of hydrogen-bond donors (Lipinski definition) is 0. The van der Waals surface area contributed by atoms with Crippen LogP contribution in [0.5, 0.6) is 0 Å². The van der Waals surface area contributed by atoms with E-state index in [1.807, 2.05) is 103 Å². The molecule has 0 radical (unpaired) electrons. The van der Waals surface area contributed by atoms with E-state index < -0.39 is 0 Å². The van der Waals surface area contributed by atoms with E-state index in [1.165, 1.54) is 0 Å². The zero-order chi connectivity index (χ0) is 23.0. The van der Waals surface area contributed by atoms with Crippen LogP contribution in [0.1, 0.15) is 46.5 Å². The average molecular weight is 425 g/mol. The molecule has 0 aliphatic heterocycles. The molecule has 1 aliphatic carbocycles. The van der Waals surface area contributed by atoms with Crippen molar-refractivity contribution in [2.75, 3.05) is 7.11 Å². The van der Waals surface area contributed by atoms with Crippen molar-refractivity contribution in [3.63, 3.8) is 0 Å². The minimum absolute atomic E-state index is 0.0752. The molecule has 0 unspecified atom stereocenters. The minimum atomic E-state index is -0.122. The number of benzene rings is 3. The lowest BCUT2D eigenvalue weighted by Crippen LogP contribution is -2.22. The van der Waals surface area contributed by atoms with Gasteiger partial charge in [0.15, 0.2) is 11.6 Å². The monoisotopic (exact) mass is 424 g/mol. The van der Waals surface area contributed by atoms with E-state index in [-0.39, 0.29) is 17.0 Å². The summed E-state index contributed by atoms with van der Waals surface area (Å²) >= 11 is 0. The van der Waals surface area contributed by atoms with Crippen LogP contribution in [0.25, 0.3) is 0 Å². The summed E-state index contributed by atoms with van der Waals surface area (Å²) in [7, 11) is 1.67. The molecule has 3 aromatic carbocycles. The van der Waals surface area contributed by atoms with Gasteiger partial charge >= 0.3 is 0 Å². The maximum Gasteiger partial charge on any atom is 0.193 e. The third-order valence-electron chi connectivity index (χ3n) is 5.35. The highest BCUT2D eigenvalue weighted by Gasteiger charge is 2.30. The highest BCUT2D eigenvalue weighted by atomic mass is 16.5. The van der Waals surface area contributed by atoms with E-state index in [4.69, 9.17) is 4.74 Å². The smallest absolute Gasteiger partial charge is 0.193 e. The number of allylic oxidation sites excluding steroid dienone is 4. The van der Waals surface area contributed by atoms with Gasteiger partial charge in [0.25, 0.3) is 0 Å². The van der Waals surface area contributed by atoms with Gasteiger partial charge in [-0.15, -0.1) is 0 Å². The summed E-state index contributed by atoms with van der Waals surface area (Å²) in [6.07, 6.45) is 4.49. The maximum absolute atomic E-state index is 12.3. The Balaban J connectivity index is 0.000000186. The molecule has 3 nitrogen and oxygen atoms in total. The van der Waals surface area contributed by atoms with E-state index >= 15 is 0 Å². The number of ketones is 2. The largest absolute Gasteiger partial charge is 0.501 e. The second-order valence-electron chi connectivity index (χ2n) is 8.24. The van der Waals surface area contributed by atoms with Gasteiger partial charge < -0.3 is 4.74 Å². The zero-order valence-corrected chi connectivity index (χ0v) is 18.7. The lowest BCUT2D eigenvalue weighted by Gasteiger charge is -2.30. The molecule has 0 fully saturated rings. The fraction of sp³-hybridized carbons (Fsp3) is 0.172. The molecule has 0 amide bonds. The van der Waals surface area contributed by atoms with Gasteiger partial charge in [0.2, 0.25) is 0 Å². The summed E-state index contributed by atoms with van der Waals surface area (Å²) in [4.78, 5) is 24.2. The second-order valence-corrected chi connectivity index (χ2v) is 8.24. The van der Waals surface area contributed by atoms with Gasteiger partial charge in [-0.1, -0.05) is 111 Å². The van der Waals surface area contributed by atoms with Gasteiger partial charge in [-0.3, -0.25) is 9.59 Å². The number of carbonyl (C=O) groups excluding carboxylic acids is 2. The molecule has 4 rings (SSSR count). The van der Waals surface area contributed by atoms with Gasteiger partial charge in [-0.2, -0.15) is 0 Å². The van der Waals surface area contributed by atoms with Crippen LogP contribution in [-0.4, -0.2) is 18.7 Å². The highest BCUT2D eigenvalue weighted by molar-refractivity contribution is 6.09. The number of rotatable bonds is 5. The van der Waals surface area contributed by atoms with E-state index in [0.717, 1.165) is 28.0 Å². The topological polar surface area (TPSA) is 43.4 Å². The van der Waals surface area contributed by atoms with Gasteiger partial charge in [0, 0.05) is 27.7 Å². The van der Waals surface area contributed by atoms with Crippen molar-refractivity contribution in [3.8, 4) is 0 Å². The second kappa shape index (κ2) is 10.5. The average Bonchev–Trinajstić information content (AvgIpc) is 2.84. The van der Waals surface area contributed by atoms with Crippen molar-refractivity contribution in [1.29, 1.82) is 0 Å². The highest BCUT2D eigenvalue weighted by Crippen LogP contribution is 2.38. The van der Waals surface area contributed by atoms with Crippen LogP contribution < -0.4 is 0 Å². The Morgan fingerprint density at radius 3 is 1.44 bits per heavy atom. The molecule has 0 N–H and O–H groups in total. The fourth-order valence-corrected chi connectivity index (χ4v) is 3.64. The van der Waals surface area contributed by atoms with E-state index in [1.54, 1.807) is 7.11 Å². The minimum Gasteiger partial charge on any atom is -0.501 e. The van der Waals surface area contributed by atoms with E-state index in [0.29, 0.717) is 6.42 Å². The molecule has 3 heteroatoms. The Morgan fingerprint density at radius 2 is 1.06 bits per heavy atom. The summed E-state index contributed by atoms with van der Waals surface area (Å²) in [5.74, 6) is 1.10. The van der Waals surface area contributed by atoms with Crippen molar-refractivity contribution < 1.29 is 14.3 Å². The molecule has 3 aromatic rings. The molecular formula is C29H28O3. The third-order valence-corrected chi connectivity index (χ3v) is 5.35. The third kappa shape index (κ3) is 5.70. The Labute approximate surface area is 190 Å². The first-order valence-electron chi connectivity index (χ1n) is 10.6. The van der Waals surface area contributed by atoms with E-state index in [9.17, 15) is 9.59 Å². The maximum atomic E-state index is 12.3. The van der Waals surface area contributed by atoms with Crippen LogP contribution in [-0.2, 0) is 4.74 Å². The number of ether oxygens (including phenoxy) is 1. The molecule has 1 aliphatic rings. The summed E-state index contributed by atoms with van der Waals surface area (Å²) in [5, 5.41) is 0. The van der Waals surface area contributed by atoms with Crippen molar-refractivity contribution in [3.05, 3.63) is 131 Å². The summed E-state index contributed by atoms with van der Waals surface area (Å²) in [5.41, 5.74) is 2.93. The first-order chi connectivity index (χ1) is 15.4. The molecule has 0 atom stereocenters. The first-order valence-corrected chi connectivity index (χ1v) is 10.6. The molecule has 32 heavy (non-hydrogen) atoms. The van der Waals surface area contributed by atoms with Crippen molar-refractivity contribution in [1.82, 2.24) is 0 Å². The fourth-order valence-electron chi connectivity index (χ4n) is 3.64. The summed E-state index contributed by atoms with van der Waals surface area (Å²) in [6, 6.07) is 28.0. The molecule has 0 spiro atoms. The van der Waals surface area contributed by atoms with Crippen molar-refractivity contribution in [2.45, 2.75) is 20.3 Å². The zero-order valence-electron chi connectivity index (χ0n) is 18.7. The van der Waals surface area contributed by atoms with Crippen LogP contribution in [0, 0.1) is 5.41 Å². The van der Waals surface area contributed by atoms with E-state index in [2.05, 4.69) is 13.8 Å². The van der Waals surface area contributed by atoms with Crippen LogP contribution in [0.4, 0.5) is 0 Å². The number of carbonyl (C=O) groups is 2. The standard InChI is InChI=1S/C16H18O2.C13H10O/c1-16(2)11-13(9-10-14(16)18-3)15(17)12-7-5-4-6-8-12;14-13(11-7-3-1-4-8-11)12-9-5-2-6-10-12/h4-10H,11H2,1-3H3;1-10H. The Bertz CT molecular complexity index is 1070. The number of hydrogen-bond acceptors (Lipinski definition) is 3. The molecule has 0 bridgehead atoms. The Morgan fingerprint density at radius 1 is 0.656 bits per heavy atom. The molecule has 0 saturated carbocycles. The first kappa shape index (κ1) is 23.0. The van der Waals surface area contributed by atoms with Crippen molar-refractivity contribution in [2.24, 2.45) is 5.41 Å². The molecule has 162 valence electrons. The van der Waals surface area contributed by atoms with Gasteiger partial charge in [-0.05, 0) is 12.5 Å². The van der Waals surface area contributed by atoms with Crippen molar-refractivity contribution >= 4 is 11.6 Å². The quantitative estimate of drug-likeness (QED) is 0.429. The predicted molar refractivity (Wildman–Crippen MR) is 129 cm³/mol. The van der Waals surface area contributed by atoms with Gasteiger partial charge in [0.1, 0.15) is 5.76 Å². The molecular weight excluding hydrogens is 396 g/mol. The van der Waals surface area contributed by atoms with Gasteiger partial charge in [0.05, 0.1) is 7.11 Å². The number of methoxy groups -OCH3 is 1. The molecule has 0 saturated heterocycles. The lowest BCUT2D eigenvalue weighted by atomic mass is 9.78. The molecule has 0 aromatic heterocycles. The summed E-state index contributed by atoms with van der Waals surface area (Å²) < 4.78 is 5.35. The van der Waals surface area contributed by atoms with Crippen LogP contribution in [0.2, 0.25) is 0 Å². The van der Waals surface area contributed by atoms with Crippen LogP contribution >= 0.6 is 0 Å². The molecule has 0 heterocycles. The normalized spacial score (nSPS) is 14.2.